The summed E-state index contributed by atoms with van der Waals surface area (Å²) in [7, 11) is 2.14. The van der Waals surface area contributed by atoms with Crippen molar-refractivity contribution in [1.29, 1.82) is 0 Å². The van der Waals surface area contributed by atoms with Crippen molar-refractivity contribution in [3.05, 3.63) is 22.7 Å². The Morgan fingerprint density at radius 2 is 2.31 bits per heavy atom. The molecule has 1 N–H and O–H groups in total. The molecule has 2 nitrogen and oxygen atoms in total. The average Bonchev–Trinajstić information content (AvgIpc) is 2.30. The third-order valence-corrected chi connectivity index (χ3v) is 3.04. The van der Waals surface area contributed by atoms with Crippen molar-refractivity contribution in [2.75, 3.05) is 30.4 Å². The van der Waals surface area contributed by atoms with E-state index in [9.17, 15) is 0 Å². The van der Waals surface area contributed by atoms with Crippen molar-refractivity contribution in [3.63, 3.8) is 0 Å². The Labute approximate surface area is 87.1 Å². The molecule has 0 bridgehead atoms. The van der Waals surface area contributed by atoms with E-state index in [0.29, 0.717) is 0 Å². The molecule has 0 unspecified atom stereocenters. The standard InChI is InChI=1S/C10H13BrN2/c1-13-7-3-6-12-10-8(11)4-2-5-9(10)13/h2,4-5,12H,3,6-7H2,1H3. The second kappa shape index (κ2) is 3.58. The Hall–Kier alpha value is -0.700. The minimum atomic E-state index is 1.06. The van der Waals surface area contributed by atoms with E-state index in [2.05, 4.69) is 51.4 Å². The zero-order valence-electron chi connectivity index (χ0n) is 7.68. The molecule has 0 saturated heterocycles. The quantitative estimate of drug-likeness (QED) is 0.751. The Balaban J connectivity index is 2.47. The Bertz CT molecular complexity index is 312. The summed E-state index contributed by atoms with van der Waals surface area (Å²) >= 11 is 3.56. The highest BCUT2D eigenvalue weighted by atomic mass is 79.9. The molecule has 3 heteroatoms. The van der Waals surface area contributed by atoms with Gasteiger partial charge in [-0.15, -0.1) is 0 Å². The molecular weight excluding hydrogens is 228 g/mol. The highest BCUT2D eigenvalue weighted by molar-refractivity contribution is 9.10. The fourth-order valence-corrected chi connectivity index (χ4v) is 2.15. The topological polar surface area (TPSA) is 15.3 Å². The summed E-state index contributed by atoms with van der Waals surface area (Å²) in [5.74, 6) is 0. The van der Waals surface area contributed by atoms with Crippen molar-refractivity contribution in [1.82, 2.24) is 0 Å². The van der Waals surface area contributed by atoms with E-state index in [-0.39, 0.29) is 0 Å². The number of anilines is 2. The maximum absolute atomic E-state index is 3.56. The molecule has 1 aliphatic rings. The lowest BCUT2D eigenvalue weighted by Gasteiger charge is -2.19. The number of rotatable bonds is 0. The molecule has 1 aliphatic heterocycles. The number of hydrogen-bond donors (Lipinski definition) is 1. The van der Waals surface area contributed by atoms with Gasteiger partial charge in [-0.05, 0) is 34.5 Å². The first-order valence-corrected chi connectivity index (χ1v) is 5.32. The number of hydrogen-bond acceptors (Lipinski definition) is 2. The molecule has 70 valence electrons. The summed E-state index contributed by atoms with van der Waals surface area (Å²) in [4.78, 5) is 2.29. The second-order valence-corrected chi connectivity index (χ2v) is 4.19. The molecule has 1 heterocycles. The third kappa shape index (κ3) is 1.66. The zero-order chi connectivity index (χ0) is 9.26. The maximum atomic E-state index is 3.56. The fraction of sp³-hybridized carbons (Fsp3) is 0.400. The van der Waals surface area contributed by atoms with E-state index in [4.69, 9.17) is 0 Å². The lowest BCUT2D eigenvalue weighted by molar-refractivity contribution is 0.837. The van der Waals surface area contributed by atoms with Gasteiger partial charge in [0.1, 0.15) is 0 Å². The van der Waals surface area contributed by atoms with Crippen LogP contribution in [0.25, 0.3) is 0 Å². The minimum Gasteiger partial charge on any atom is -0.382 e. The van der Waals surface area contributed by atoms with Crippen LogP contribution in [0.2, 0.25) is 0 Å². The summed E-state index contributed by atoms with van der Waals surface area (Å²) in [5, 5.41) is 3.44. The predicted octanol–water partition coefficient (Wildman–Crippen LogP) is 2.70. The SMILES string of the molecule is CN1CCCNc2c(Br)cccc21. The number of benzene rings is 1. The number of para-hydroxylation sites is 1. The largest absolute Gasteiger partial charge is 0.382 e. The molecule has 0 aromatic heterocycles. The van der Waals surface area contributed by atoms with Crippen LogP contribution in [-0.2, 0) is 0 Å². The third-order valence-electron chi connectivity index (χ3n) is 2.37. The average molecular weight is 241 g/mol. The molecule has 0 radical (unpaired) electrons. The summed E-state index contributed by atoms with van der Waals surface area (Å²) in [6, 6.07) is 6.30. The van der Waals surface area contributed by atoms with Gasteiger partial charge in [0.15, 0.2) is 0 Å². The first-order chi connectivity index (χ1) is 6.29. The van der Waals surface area contributed by atoms with Gasteiger partial charge in [0.25, 0.3) is 0 Å². The highest BCUT2D eigenvalue weighted by Crippen LogP contribution is 2.33. The van der Waals surface area contributed by atoms with Crippen molar-refractivity contribution in [3.8, 4) is 0 Å². The van der Waals surface area contributed by atoms with Gasteiger partial charge in [-0.1, -0.05) is 6.07 Å². The first-order valence-electron chi connectivity index (χ1n) is 4.52. The summed E-state index contributed by atoms with van der Waals surface area (Å²) in [6.07, 6.45) is 1.19. The lowest BCUT2D eigenvalue weighted by Crippen LogP contribution is -2.17. The Kier molecular flexibility index (Phi) is 2.44. The second-order valence-electron chi connectivity index (χ2n) is 3.34. The first kappa shape index (κ1) is 8.88. The molecule has 0 spiro atoms. The van der Waals surface area contributed by atoms with E-state index in [1.807, 2.05) is 0 Å². The molecule has 0 amide bonds. The zero-order valence-corrected chi connectivity index (χ0v) is 9.26. The molecule has 1 aromatic rings. The molecule has 2 rings (SSSR count). The van der Waals surface area contributed by atoms with Crippen LogP contribution < -0.4 is 10.2 Å². The predicted molar refractivity (Wildman–Crippen MR) is 60.5 cm³/mol. The van der Waals surface area contributed by atoms with E-state index in [1.165, 1.54) is 17.8 Å². The van der Waals surface area contributed by atoms with Crippen molar-refractivity contribution < 1.29 is 0 Å². The van der Waals surface area contributed by atoms with E-state index < -0.39 is 0 Å². The maximum Gasteiger partial charge on any atom is 0.0722 e. The van der Waals surface area contributed by atoms with Gasteiger partial charge < -0.3 is 10.2 Å². The number of fused-ring (bicyclic) bond motifs is 1. The molecule has 0 atom stereocenters. The number of halogens is 1. The van der Waals surface area contributed by atoms with Gasteiger partial charge in [-0.25, -0.2) is 0 Å². The van der Waals surface area contributed by atoms with Crippen LogP contribution in [0.3, 0.4) is 0 Å². The smallest absolute Gasteiger partial charge is 0.0722 e. The molecule has 0 saturated carbocycles. The van der Waals surface area contributed by atoms with Gasteiger partial charge in [-0.2, -0.15) is 0 Å². The van der Waals surface area contributed by atoms with Gasteiger partial charge in [0, 0.05) is 24.6 Å². The van der Waals surface area contributed by atoms with Crippen LogP contribution in [0.5, 0.6) is 0 Å². The highest BCUT2D eigenvalue weighted by Gasteiger charge is 2.12. The lowest BCUT2D eigenvalue weighted by atomic mass is 10.2. The fourth-order valence-electron chi connectivity index (χ4n) is 1.66. The van der Waals surface area contributed by atoms with Gasteiger partial charge in [0.2, 0.25) is 0 Å². The van der Waals surface area contributed by atoms with Crippen molar-refractivity contribution in [2.45, 2.75) is 6.42 Å². The molecule has 1 aromatic carbocycles. The van der Waals surface area contributed by atoms with Gasteiger partial charge >= 0.3 is 0 Å². The van der Waals surface area contributed by atoms with Crippen molar-refractivity contribution in [2.24, 2.45) is 0 Å². The van der Waals surface area contributed by atoms with Crippen LogP contribution in [0.4, 0.5) is 11.4 Å². The monoisotopic (exact) mass is 240 g/mol. The van der Waals surface area contributed by atoms with E-state index >= 15 is 0 Å². The number of nitrogens with zero attached hydrogens (tertiary/aromatic N) is 1. The Morgan fingerprint density at radius 3 is 3.15 bits per heavy atom. The molecular formula is C10H13BrN2. The van der Waals surface area contributed by atoms with Crippen LogP contribution in [-0.4, -0.2) is 20.1 Å². The molecule has 0 fully saturated rings. The van der Waals surface area contributed by atoms with Crippen LogP contribution in [0.1, 0.15) is 6.42 Å². The van der Waals surface area contributed by atoms with Gasteiger partial charge in [0.05, 0.1) is 11.4 Å². The van der Waals surface area contributed by atoms with Crippen LogP contribution >= 0.6 is 15.9 Å². The summed E-state index contributed by atoms with van der Waals surface area (Å²) in [5.41, 5.74) is 2.51. The minimum absolute atomic E-state index is 1.06. The Morgan fingerprint density at radius 1 is 1.46 bits per heavy atom. The van der Waals surface area contributed by atoms with E-state index in [1.54, 1.807) is 0 Å². The van der Waals surface area contributed by atoms with Gasteiger partial charge in [-0.3, -0.25) is 0 Å². The van der Waals surface area contributed by atoms with Crippen LogP contribution in [0, 0.1) is 0 Å². The molecule has 0 aliphatic carbocycles. The van der Waals surface area contributed by atoms with Crippen molar-refractivity contribution >= 4 is 27.3 Å². The summed E-state index contributed by atoms with van der Waals surface area (Å²) in [6.45, 7) is 2.18. The summed E-state index contributed by atoms with van der Waals surface area (Å²) < 4.78 is 1.15. The number of nitrogens with one attached hydrogen (secondary N) is 1. The molecule has 13 heavy (non-hydrogen) atoms. The normalized spacial score (nSPS) is 16.0. The van der Waals surface area contributed by atoms with Crippen LogP contribution in [0.15, 0.2) is 22.7 Å². The van der Waals surface area contributed by atoms with E-state index in [0.717, 1.165) is 17.6 Å².